The van der Waals surface area contributed by atoms with E-state index < -0.39 is 9.84 Å². The van der Waals surface area contributed by atoms with E-state index in [1.165, 1.54) is 0 Å². The summed E-state index contributed by atoms with van der Waals surface area (Å²) in [6.07, 6.45) is 2.29. The van der Waals surface area contributed by atoms with E-state index in [1.54, 1.807) is 0 Å². The highest BCUT2D eigenvalue weighted by Gasteiger charge is 2.61. The van der Waals surface area contributed by atoms with Crippen LogP contribution in [0.25, 0.3) is 0 Å². The van der Waals surface area contributed by atoms with Crippen LogP contribution in [0.2, 0.25) is 0 Å². The lowest BCUT2D eigenvalue weighted by molar-refractivity contribution is 0.0292. The lowest BCUT2D eigenvalue weighted by Gasteiger charge is -2.58. The minimum absolute atomic E-state index is 0.0602. The van der Waals surface area contributed by atoms with E-state index in [4.69, 9.17) is 0 Å². The van der Waals surface area contributed by atoms with E-state index in [1.807, 2.05) is 6.92 Å². The van der Waals surface area contributed by atoms with Crippen LogP contribution in [0, 0.1) is 17.3 Å². The largest absolute Gasteiger partial charge is 0.229 e. The molecule has 2 fully saturated rings. The molecule has 1 aliphatic carbocycles. The summed E-state index contributed by atoms with van der Waals surface area (Å²) in [5.74, 6) is 1.96. The third-order valence-electron chi connectivity index (χ3n) is 4.17. The maximum atomic E-state index is 11.3. The Bertz CT molecular complexity index is 310. The average Bonchev–Trinajstić information content (AvgIpc) is 1.94. The van der Waals surface area contributed by atoms with Crippen molar-refractivity contribution >= 4 is 9.84 Å². The monoisotopic (exact) mass is 202 g/mol. The summed E-state index contributed by atoms with van der Waals surface area (Å²) in [5, 5.41) is -0.0602. The van der Waals surface area contributed by atoms with Gasteiger partial charge in [-0.25, -0.2) is 8.42 Å². The van der Waals surface area contributed by atoms with Crippen molar-refractivity contribution in [2.45, 2.75) is 38.9 Å². The van der Waals surface area contributed by atoms with Gasteiger partial charge < -0.3 is 0 Å². The van der Waals surface area contributed by atoms with Gasteiger partial charge in [0.1, 0.15) is 0 Å². The molecule has 2 nitrogen and oxygen atoms in total. The molecule has 0 amide bonds. The van der Waals surface area contributed by atoms with E-state index in [0.717, 1.165) is 24.7 Å². The quantitative estimate of drug-likeness (QED) is 0.650. The Hall–Kier alpha value is -0.0500. The van der Waals surface area contributed by atoms with Gasteiger partial charge in [-0.15, -0.1) is 0 Å². The Morgan fingerprint density at radius 3 is 2.15 bits per heavy atom. The first-order valence-corrected chi connectivity index (χ1v) is 6.80. The molecule has 76 valence electrons. The molecule has 1 unspecified atom stereocenters. The number of rotatable bonds is 1. The summed E-state index contributed by atoms with van der Waals surface area (Å²) in [7, 11) is -2.68. The molecule has 0 aromatic carbocycles. The molecule has 0 radical (unpaired) electrons. The minimum Gasteiger partial charge on any atom is -0.229 e. The van der Waals surface area contributed by atoms with Crippen LogP contribution in [0.1, 0.15) is 33.6 Å². The van der Waals surface area contributed by atoms with Crippen molar-refractivity contribution in [2.75, 3.05) is 5.75 Å². The first-order chi connectivity index (χ1) is 5.87. The van der Waals surface area contributed by atoms with Crippen molar-refractivity contribution in [1.82, 2.24) is 0 Å². The molecule has 0 aromatic heterocycles. The lowest BCUT2D eigenvalue weighted by atomic mass is 9.58. The SMILES string of the molecule is CC(C)C1CC2(C1)CS(=O)(=O)C2C. The first-order valence-electron chi connectivity index (χ1n) is 5.09. The fourth-order valence-corrected chi connectivity index (χ4v) is 5.11. The van der Waals surface area contributed by atoms with Crippen molar-refractivity contribution in [2.24, 2.45) is 17.3 Å². The molecule has 1 saturated heterocycles. The molecule has 2 aliphatic rings. The molecule has 1 atom stereocenters. The zero-order valence-corrected chi connectivity index (χ0v) is 9.39. The summed E-state index contributed by atoms with van der Waals surface area (Å²) in [6, 6.07) is 0. The molecular formula is C10H18O2S. The fourth-order valence-electron chi connectivity index (χ4n) is 2.83. The Labute approximate surface area is 80.6 Å². The number of hydrogen-bond acceptors (Lipinski definition) is 2. The second-order valence-electron chi connectivity index (χ2n) is 5.22. The van der Waals surface area contributed by atoms with Gasteiger partial charge in [-0.3, -0.25) is 0 Å². The van der Waals surface area contributed by atoms with Crippen LogP contribution in [0.3, 0.4) is 0 Å². The second-order valence-corrected chi connectivity index (χ2v) is 7.55. The van der Waals surface area contributed by atoms with Crippen LogP contribution in [0.4, 0.5) is 0 Å². The predicted octanol–water partition coefficient (Wildman–Crippen LogP) is 1.86. The van der Waals surface area contributed by atoms with Gasteiger partial charge >= 0.3 is 0 Å². The predicted molar refractivity (Wildman–Crippen MR) is 53.2 cm³/mol. The summed E-state index contributed by atoms with van der Waals surface area (Å²) in [5.41, 5.74) is 0.202. The van der Waals surface area contributed by atoms with Gasteiger partial charge in [0.2, 0.25) is 0 Å². The molecule has 0 bridgehead atoms. The van der Waals surface area contributed by atoms with Gasteiger partial charge in [0.15, 0.2) is 9.84 Å². The molecule has 1 spiro atoms. The normalized spacial score (nSPS) is 47.4. The first kappa shape index (κ1) is 9.50. The van der Waals surface area contributed by atoms with Crippen molar-refractivity contribution in [3.63, 3.8) is 0 Å². The van der Waals surface area contributed by atoms with E-state index >= 15 is 0 Å². The van der Waals surface area contributed by atoms with Crippen molar-refractivity contribution in [3.05, 3.63) is 0 Å². The number of hydrogen-bond donors (Lipinski definition) is 0. The average molecular weight is 202 g/mol. The van der Waals surface area contributed by atoms with Crippen LogP contribution in [-0.4, -0.2) is 19.4 Å². The Kier molecular flexibility index (Phi) is 1.83. The second kappa shape index (κ2) is 2.50. The fraction of sp³-hybridized carbons (Fsp3) is 1.00. The highest BCUT2D eigenvalue weighted by Crippen LogP contribution is 2.59. The van der Waals surface area contributed by atoms with Crippen LogP contribution >= 0.6 is 0 Å². The minimum atomic E-state index is -2.68. The van der Waals surface area contributed by atoms with E-state index in [-0.39, 0.29) is 10.7 Å². The van der Waals surface area contributed by atoms with Gasteiger partial charge in [-0.1, -0.05) is 13.8 Å². The Balaban J connectivity index is 2.01. The molecule has 0 aromatic rings. The zero-order valence-electron chi connectivity index (χ0n) is 8.58. The standard InChI is InChI=1S/C10H18O2S/c1-7(2)9-4-10(5-9)6-13(11,12)8(10)3/h7-9H,4-6H2,1-3H3. The molecule has 1 aliphatic heterocycles. The number of sulfone groups is 1. The molecule has 3 heteroatoms. The van der Waals surface area contributed by atoms with E-state index in [2.05, 4.69) is 13.8 Å². The maximum Gasteiger partial charge on any atom is 0.154 e. The van der Waals surface area contributed by atoms with Gasteiger partial charge in [0.25, 0.3) is 0 Å². The summed E-state index contributed by atoms with van der Waals surface area (Å²) in [6.45, 7) is 6.35. The summed E-state index contributed by atoms with van der Waals surface area (Å²) >= 11 is 0. The van der Waals surface area contributed by atoms with Crippen molar-refractivity contribution < 1.29 is 8.42 Å². The van der Waals surface area contributed by atoms with E-state index in [0.29, 0.717) is 5.75 Å². The van der Waals surface area contributed by atoms with Crippen molar-refractivity contribution in [3.8, 4) is 0 Å². The van der Waals surface area contributed by atoms with Crippen molar-refractivity contribution in [1.29, 1.82) is 0 Å². The molecule has 13 heavy (non-hydrogen) atoms. The third kappa shape index (κ3) is 1.16. The highest BCUT2D eigenvalue weighted by atomic mass is 32.2. The molecule has 0 N–H and O–H groups in total. The molecular weight excluding hydrogens is 184 g/mol. The van der Waals surface area contributed by atoms with Gasteiger partial charge in [0.05, 0.1) is 11.0 Å². The molecule has 2 rings (SSSR count). The van der Waals surface area contributed by atoms with Crippen LogP contribution < -0.4 is 0 Å². The lowest BCUT2D eigenvalue weighted by Crippen LogP contribution is -2.62. The topological polar surface area (TPSA) is 34.1 Å². The Morgan fingerprint density at radius 2 is 1.85 bits per heavy atom. The molecule has 1 heterocycles. The summed E-state index contributed by atoms with van der Waals surface area (Å²) < 4.78 is 22.6. The molecule has 1 saturated carbocycles. The van der Waals surface area contributed by atoms with Gasteiger partial charge in [-0.05, 0) is 31.6 Å². The Morgan fingerprint density at radius 1 is 1.31 bits per heavy atom. The smallest absolute Gasteiger partial charge is 0.154 e. The summed E-state index contributed by atoms with van der Waals surface area (Å²) in [4.78, 5) is 0. The van der Waals surface area contributed by atoms with Gasteiger partial charge in [-0.2, -0.15) is 0 Å². The third-order valence-corrected chi connectivity index (χ3v) is 6.72. The van der Waals surface area contributed by atoms with Crippen LogP contribution in [0.15, 0.2) is 0 Å². The maximum absolute atomic E-state index is 11.3. The van der Waals surface area contributed by atoms with Gasteiger partial charge in [0, 0.05) is 5.41 Å². The highest BCUT2D eigenvalue weighted by molar-refractivity contribution is 7.93. The zero-order chi connectivity index (χ0) is 9.85. The van der Waals surface area contributed by atoms with E-state index in [9.17, 15) is 8.42 Å². The van der Waals surface area contributed by atoms with Crippen LogP contribution in [0.5, 0.6) is 0 Å². The van der Waals surface area contributed by atoms with Crippen LogP contribution in [-0.2, 0) is 9.84 Å².